The Labute approximate surface area is 455 Å². The van der Waals surface area contributed by atoms with Gasteiger partial charge in [0.1, 0.15) is 13.2 Å². The van der Waals surface area contributed by atoms with Crippen molar-refractivity contribution in [3.63, 3.8) is 0 Å². The Morgan fingerprint density at radius 2 is 0.480 bits per heavy atom. The molecule has 75 heavy (non-hydrogen) atoms. The van der Waals surface area contributed by atoms with Gasteiger partial charge in [-0.25, -0.2) is 0 Å². The number of ether oxygens (including phenoxy) is 3. The second-order valence-electron chi connectivity index (χ2n) is 16.8. The molecule has 0 N–H and O–H groups in total. The minimum Gasteiger partial charge on any atom is -0.462 e. The maximum Gasteiger partial charge on any atom is 0.306 e. The average Bonchev–Trinajstić information content (AvgIpc) is 3.41. The molecule has 0 aromatic carbocycles. The van der Waals surface area contributed by atoms with Crippen molar-refractivity contribution in [2.24, 2.45) is 0 Å². The van der Waals surface area contributed by atoms with E-state index >= 15 is 0 Å². The predicted molar refractivity (Wildman–Crippen MR) is 324 cm³/mol. The zero-order chi connectivity index (χ0) is 54.3. The first-order valence-corrected chi connectivity index (χ1v) is 27.5. The van der Waals surface area contributed by atoms with E-state index in [1.807, 2.05) is 219 Å². The Balaban J connectivity index is 4.79. The topological polar surface area (TPSA) is 78.9 Å². The summed E-state index contributed by atoms with van der Waals surface area (Å²) in [6, 6.07) is 0. The van der Waals surface area contributed by atoms with Crippen LogP contribution in [0, 0.1) is 0 Å². The van der Waals surface area contributed by atoms with Crippen LogP contribution in [-0.2, 0) is 28.6 Å². The smallest absolute Gasteiger partial charge is 0.306 e. The fourth-order valence-electron chi connectivity index (χ4n) is 6.09. The lowest BCUT2D eigenvalue weighted by Crippen LogP contribution is -2.30. The summed E-state index contributed by atoms with van der Waals surface area (Å²) < 4.78 is 16.7. The third-order valence-electron chi connectivity index (χ3n) is 10.1. The van der Waals surface area contributed by atoms with Gasteiger partial charge in [0.05, 0.1) is 0 Å². The van der Waals surface area contributed by atoms with Gasteiger partial charge in [0.2, 0.25) is 0 Å². The standard InChI is InChI=1S/C69H92O6/c1-4-7-10-13-16-19-22-25-28-31-34-37-40-43-46-49-52-55-58-61-67(70)73-64-66(75-69(72)63-60-57-54-51-48-45-42-39-36-33-30-27-24-21-18-15-12-9-6-3)65-74-68(71)62-59-56-53-50-47-44-41-38-35-32-29-26-23-20-17-14-11-8-5-2/h7-48,66H,4-6,49-65H2,1-3H3/b10-7-,11-8-,12-9-,16-13-,17-14-,18-15-,22-19-,23-20-,24-21-,28-25-,29-26-,30-27-,34-31+,35-32+,36-33+,40-37-,41-38-,42-39-,46-43-,47-44-,48-45-. The van der Waals surface area contributed by atoms with Crippen molar-refractivity contribution < 1.29 is 28.6 Å². The molecule has 0 spiro atoms. The highest BCUT2D eigenvalue weighted by Crippen LogP contribution is 2.11. The lowest BCUT2D eigenvalue weighted by Gasteiger charge is -2.18. The molecule has 0 aliphatic rings. The first kappa shape index (κ1) is 68.0. The number of hydrogen-bond donors (Lipinski definition) is 0. The third-order valence-corrected chi connectivity index (χ3v) is 10.1. The van der Waals surface area contributed by atoms with Gasteiger partial charge in [0, 0.05) is 19.3 Å². The Hall–Kier alpha value is -7.05. The predicted octanol–water partition coefficient (Wildman–Crippen LogP) is 18.7. The molecule has 0 aromatic rings. The summed E-state index contributed by atoms with van der Waals surface area (Å²) in [6.45, 7) is 6.03. The molecule has 0 aliphatic carbocycles. The molecule has 0 heterocycles. The molecule has 0 saturated carbocycles. The van der Waals surface area contributed by atoms with E-state index in [1.54, 1.807) is 0 Å². The van der Waals surface area contributed by atoms with Gasteiger partial charge >= 0.3 is 17.9 Å². The summed E-state index contributed by atoms with van der Waals surface area (Å²) in [6.07, 6.45) is 98.0. The van der Waals surface area contributed by atoms with Gasteiger partial charge in [0.15, 0.2) is 6.10 Å². The number of carbonyl (C=O) groups excluding carboxylic acids is 3. The Morgan fingerprint density at radius 3 is 0.720 bits per heavy atom. The molecule has 0 amide bonds. The lowest BCUT2D eigenvalue weighted by atomic mass is 10.1. The van der Waals surface area contributed by atoms with Gasteiger partial charge in [0.25, 0.3) is 0 Å². The second kappa shape index (κ2) is 59.5. The monoisotopic (exact) mass is 1020 g/mol. The van der Waals surface area contributed by atoms with Gasteiger partial charge in [-0.1, -0.05) is 295 Å². The van der Waals surface area contributed by atoms with E-state index in [4.69, 9.17) is 14.2 Å². The first-order valence-electron chi connectivity index (χ1n) is 27.5. The Kier molecular flexibility index (Phi) is 53.9. The van der Waals surface area contributed by atoms with Crippen molar-refractivity contribution >= 4 is 17.9 Å². The van der Waals surface area contributed by atoms with Gasteiger partial charge in [-0.15, -0.1) is 0 Å². The number of allylic oxidation sites excluding steroid dienone is 42. The molecule has 0 aliphatic heterocycles. The average molecular weight is 1020 g/mol. The Bertz CT molecular complexity index is 1990. The van der Waals surface area contributed by atoms with E-state index in [0.717, 1.165) is 77.0 Å². The lowest BCUT2D eigenvalue weighted by molar-refractivity contribution is -0.167. The summed E-state index contributed by atoms with van der Waals surface area (Å²) >= 11 is 0. The van der Waals surface area contributed by atoms with Crippen molar-refractivity contribution in [1.82, 2.24) is 0 Å². The maximum absolute atomic E-state index is 12.9. The molecule has 6 nitrogen and oxygen atoms in total. The molecule has 404 valence electrons. The quantitative estimate of drug-likeness (QED) is 0.0262. The normalized spacial score (nSPS) is 13.8. The molecule has 0 atom stereocenters. The molecule has 0 saturated heterocycles. The molecular weight excluding hydrogens is 925 g/mol. The number of rotatable bonds is 44. The molecule has 0 rings (SSSR count). The van der Waals surface area contributed by atoms with Crippen LogP contribution in [0.2, 0.25) is 0 Å². The highest BCUT2D eigenvalue weighted by atomic mass is 16.6. The SMILES string of the molecule is CC\C=C/C=C\C=C/C=C\C=C\C=C/C=C\CCCCCC(=O)OCC(COC(=O)CCCCC\C=C/C=C\C=C\C=C/C=C\C=C/C=C\CC)OC(=O)CCCCC\C=C/C=C\C=C\C=C/C=C\C=C/C=C\CC. The van der Waals surface area contributed by atoms with Crippen LogP contribution in [0.4, 0.5) is 0 Å². The van der Waals surface area contributed by atoms with Crippen LogP contribution in [0.3, 0.4) is 0 Å². The van der Waals surface area contributed by atoms with Crippen molar-refractivity contribution in [2.45, 2.75) is 142 Å². The van der Waals surface area contributed by atoms with Crippen LogP contribution >= 0.6 is 0 Å². The van der Waals surface area contributed by atoms with Crippen molar-refractivity contribution in [1.29, 1.82) is 0 Å². The maximum atomic E-state index is 12.9. The van der Waals surface area contributed by atoms with E-state index in [1.165, 1.54) is 0 Å². The van der Waals surface area contributed by atoms with E-state index in [2.05, 4.69) is 57.2 Å². The van der Waals surface area contributed by atoms with Crippen molar-refractivity contribution in [3.05, 3.63) is 255 Å². The van der Waals surface area contributed by atoms with Crippen molar-refractivity contribution in [3.8, 4) is 0 Å². The summed E-state index contributed by atoms with van der Waals surface area (Å²) in [5.41, 5.74) is 0. The van der Waals surface area contributed by atoms with Crippen LogP contribution in [0.1, 0.15) is 136 Å². The minimum atomic E-state index is -0.862. The summed E-state index contributed by atoms with van der Waals surface area (Å²) in [7, 11) is 0. The van der Waals surface area contributed by atoms with Crippen LogP contribution in [-0.4, -0.2) is 37.2 Å². The first-order chi connectivity index (χ1) is 37.0. The fourth-order valence-corrected chi connectivity index (χ4v) is 6.09. The zero-order valence-corrected chi connectivity index (χ0v) is 45.9. The van der Waals surface area contributed by atoms with Crippen LogP contribution in [0.5, 0.6) is 0 Å². The van der Waals surface area contributed by atoms with E-state index in [0.29, 0.717) is 19.3 Å². The van der Waals surface area contributed by atoms with Crippen molar-refractivity contribution in [2.75, 3.05) is 13.2 Å². The third kappa shape index (κ3) is 57.7. The summed E-state index contributed by atoms with van der Waals surface area (Å²) in [4.78, 5) is 38.2. The number of carbonyl (C=O) groups is 3. The highest BCUT2D eigenvalue weighted by molar-refractivity contribution is 5.71. The number of unbranched alkanes of at least 4 members (excludes halogenated alkanes) is 9. The molecule has 0 aromatic heterocycles. The molecule has 0 unspecified atom stereocenters. The number of hydrogen-bond acceptors (Lipinski definition) is 6. The van der Waals surface area contributed by atoms with Gasteiger partial charge in [-0.2, -0.15) is 0 Å². The van der Waals surface area contributed by atoms with Gasteiger partial charge in [-0.05, 0) is 77.0 Å². The highest BCUT2D eigenvalue weighted by Gasteiger charge is 2.19. The fraction of sp³-hybridized carbons (Fsp3) is 0.348. The van der Waals surface area contributed by atoms with Crippen LogP contribution < -0.4 is 0 Å². The molecule has 6 heteroatoms. The molecule has 0 radical (unpaired) electrons. The second-order valence-corrected chi connectivity index (χ2v) is 16.8. The largest absolute Gasteiger partial charge is 0.462 e. The van der Waals surface area contributed by atoms with E-state index in [9.17, 15) is 14.4 Å². The molecule has 0 fully saturated rings. The molecular formula is C69H92O6. The van der Waals surface area contributed by atoms with Crippen LogP contribution in [0.15, 0.2) is 255 Å². The Morgan fingerprint density at radius 1 is 0.267 bits per heavy atom. The zero-order valence-electron chi connectivity index (χ0n) is 45.9. The van der Waals surface area contributed by atoms with Crippen LogP contribution in [0.25, 0.3) is 0 Å². The van der Waals surface area contributed by atoms with Gasteiger partial charge in [-0.3, -0.25) is 14.4 Å². The van der Waals surface area contributed by atoms with E-state index in [-0.39, 0.29) is 44.4 Å². The number of esters is 3. The minimum absolute atomic E-state index is 0.155. The summed E-state index contributed by atoms with van der Waals surface area (Å²) in [5, 5.41) is 0. The molecule has 0 bridgehead atoms. The van der Waals surface area contributed by atoms with E-state index < -0.39 is 12.1 Å². The van der Waals surface area contributed by atoms with Gasteiger partial charge < -0.3 is 14.2 Å². The summed E-state index contributed by atoms with van der Waals surface area (Å²) in [5.74, 6) is -1.11.